The molecule has 0 aliphatic carbocycles. The summed E-state index contributed by atoms with van der Waals surface area (Å²) in [5.41, 5.74) is 0. The highest BCUT2D eigenvalue weighted by molar-refractivity contribution is 5.76. The van der Waals surface area contributed by atoms with Gasteiger partial charge in [-0.25, -0.2) is 0 Å². The molecule has 0 saturated carbocycles. The van der Waals surface area contributed by atoms with Crippen molar-refractivity contribution in [1.29, 1.82) is 0 Å². The van der Waals surface area contributed by atoms with Gasteiger partial charge in [0.2, 0.25) is 5.91 Å². The van der Waals surface area contributed by atoms with Gasteiger partial charge in [-0.15, -0.1) is 0 Å². The third kappa shape index (κ3) is 34.2. The fourth-order valence-electron chi connectivity index (χ4n) is 5.89. The molecule has 0 aliphatic rings. The molecule has 48 heavy (non-hydrogen) atoms. The minimum Gasteiger partial charge on any atom is -0.394 e. The van der Waals surface area contributed by atoms with E-state index in [2.05, 4.69) is 55.6 Å². The van der Waals surface area contributed by atoms with Crippen molar-refractivity contribution in [1.82, 2.24) is 5.32 Å². The SMILES string of the molecule is CCCCC/C=C\CCCCCC(O)CC(=O)NC(CO)C(O)/C=C/CC/C=C/CC/C=C/CCCCCCCCCCCCCCC. The molecule has 0 aromatic carbocycles. The van der Waals surface area contributed by atoms with Gasteiger partial charge in [-0.05, 0) is 70.6 Å². The number of nitrogens with one attached hydrogen (secondary N) is 1. The fraction of sp³-hybridized carbons (Fsp3) is 0.791. The van der Waals surface area contributed by atoms with Gasteiger partial charge in [0.05, 0.1) is 31.3 Å². The van der Waals surface area contributed by atoms with Crippen LogP contribution in [0.5, 0.6) is 0 Å². The van der Waals surface area contributed by atoms with Crippen LogP contribution in [0.25, 0.3) is 0 Å². The van der Waals surface area contributed by atoms with E-state index < -0.39 is 18.2 Å². The van der Waals surface area contributed by atoms with Crippen LogP contribution < -0.4 is 5.32 Å². The van der Waals surface area contributed by atoms with Crippen molar-refractivity contribution in [3.8, 4) is 0 Å². The van der Waals surface area contributed by atoms with Gasteiger partial charge in [-0.1, -0.05) is 165 Å². The van der Waals surface area contributed by atoms with Crippen LogP contribution in [-0.4, -0.2) is 46.1 Å². The highest BCUT2D eigenvalue weighted by atomic mass is 16.3. The molecule has 280 valence electrons. The number of allylic oxidation sites excluding steroid dienone is 7. The van der Waals surface area contributed by atoms with E-state index in [0.29, 0.717) is 6.42 Å². The predicted molar refractivity (Wildman–Crippen MR) is 208 cm³/mol. The summed E-state index contributed by atoms with van der Waals surface area (Å²) in [7, 11) is 0. The smallest absolute Gasteiger partial charge is 0.222 e. The summed E-state index contributed by atoms with van der Waals surface area (Å²) in [6.45, 7) is 4.14. The van der Waals surface area contributed by atoms with Gasteiger partial charge in [-0.2, -0.15) is 0 Å². The maximum atomic E-state index is 12.3. The minimum absolute atomic E-state index is 0.0102. The van der Waals surface area contributed by atoms with Crippen molar-refractivity contribution >= 4 is 5.91 Å². The quantitative estimate of drug-likeness (QED) is 0.0393. The number of hydrogen-bond acceptors (Lipinski definition) is 4. The summed E-state index contributed by atoms with van der Waals surface area (Å²) >= 11 is 0. The molecule has 5 nitrogen and oxygen atoms in total. The Balaban J connectivity index is 3.76. The van der Waals surface area contributed by atoms with E-state index in [0.717, 1.165) is 57.8 Å². The molecule has 1 amide bonds. The van der Waals surface area contributed by atoms with Crippen molar-refractivity contribution in [2.75, 3.05) is 6.61 Å². The van der Waals surface area contributed by atoms with Gasteiger partial charge in [0, 0.05) is 0 Å². The number of aliphatic hydroxyl groups excluding tert-OH is 3. The Hall–Kier alpha value is -1.69. The molecule has 0 bridgehead atoms. The van der Waals surface area contributed by atoms with E-state index in [-0.39, 0.29) is 18.9 Å². The number of unbranched alkanes of at least 4 members (excludes halogenated alkanes) is 21. The fourth-order valence-corrected chi connectivity index (χ4v) is 5.89. The van der Waals surface area contributed by atoms with Crippen LogP contribution in [0.15, 0.2) is 48.6 Å². The monoisotopic (exact) mass is 674 g/mol. The maximum absolute atomic E-state index is 12.3. The van der Waals surface area contributed by atoms with Gasteiger partial charge in [0.1, 0.15) is 0 Å². The van der Waals surface area contributed by atoms with E-state index in [1.807, 2.05) is 6.08 Å². The standard InChI is InChI=1S/C43H79NO4/c1-3-5-7-9-11-13-15-16-17-18-19-20-21-22-23-24-25-26-27-29-31-33-35-37-42(47)41(39-45)44-43(48)38-40(46)36-34-32-30-28-14-12-10-8-6-4-2/h12,14,23-24,27,29,35,37,40-42,45-47H,3-11,13,15-22,25-26,28,30-34,36,38-39H2,1-2H3,(H,44,48)/b14-12-,24-23+,29-27+,37-35+. The number of carbonyl (C=O) groups is 1. The van der Waals surface area contributed by atoms with Gasteiger partial charge < -0.3 is 20.6 Å². The van der Waals surface area contributed by atoms with Crippen molar-refractivity contribution in [2.45, 2.75) is 212 Å². The number of carbonyl (C=O) groups excluding carboxylic acids is 1. The predicted octanol–water partition coefficient (Wildman–Crippen LogP) is 11.4. The lowest BCUT2D eigenvalue weighted by atomic mass is 10.0. The molecule has 5 heteroatoms. The molecule has 0 saturated heterocycles. The molecule has 0 aliphatic heterocycles. The zero-order chi connectivity index (χ0) is 35.2. The Morgan fingerprint density at radius 3 is 1.38 bits per heavy atom. The third-order valence-electron chi connectivity index (χ3n) is 9.07. The lowest BCUT2D eigenvalue weighted by Gasteiger charge is -2.20. The normalized spacial score (nSPS) is 14.2. The molecule has 0 rings (SSSR count). The first-order chi connectivity index (χ1) is 23.5. The van der Waals surface area contributed by atoms with Crippen molar-refractivity contribution in [3.63, 3.8) is 0 Å². The van der Waals surface area contributed by atoms with Crippen LogP contribution in [0.1, 0.15) is 194 Å². The largest absolute Gasteiger partial charge is 0.394 e. The molecule has 0 spiro atoms. The molecular formula is C43H79NO4. The van der Waals surface area contributed by atoms with E-state index >= 15 is 0 Å². The first-order valence-electron chi connectivity index (χ1n) is 20.4. The molecule has 0 radical (unpaired) electrons. The van der Waals surface area contributed by atoms with Gasteiger partial charge in [0.15, 0.2) is 0 Å². The summed E-state index contributed by atoms with van der Waals surface area (Å²) in [4.78, 5) is 12.3. The molecule has 0 aromatic rings. The average molecular weight is 674 g/mol. The van der Waals surface area contributed by atoms with Crippen molar-refractivity contribution in [3.05, 3.63) is 48.6 Å². The minimum atomic E-state index is -0.963. The molecule has 4 N–H and O–H groups in total. The van der Waals surface area contributed by atoms with E-state index in [1.165, 1.54) is 109 Å². The molecule has 3 unspecified atom stereocenters. The zero-order valence-corrected chi connectivity index (χ0v) is 31.6. The number of amides is 1. The first-order valence-corrected chi connectivity index (χ1v) is 20.4. The molecular weight excluding hydrogens is 594 g/mol. The number of aliphatic hydroxyl groups is 3. The summed E-state index contributed by atoms with van der Waals surface area (Å²) in [5.74, 6) is -0.342. The van der Waals surface area contributed by atoms with E-state index in [9.17, 15) is 20.1 Å². The highest BCUT2D eigenvalue weighted by Crippen LogP contribution is 2.14. The Morgan fingerprint density at radius 1 is 0.521 bits per heavy atom. The summed E-state index contributed by atoms with van der Waals surface area (Å²) < 4.78 is 0. The van der Waals surface area contributed by atoms with Crippen LogP contribution in [0.4, 0.5) is 0 Å². The highest BCUT2D eigenvalue weighted by Gasteiger charge is 2.20. The van der Waals surface area contributed by atoms with Gasteiger partial charge >= 0.3 is 0 Å². The van der Waals surface area contributed by atoms with E-state index in [1.54, 1.807) is 6.08 Å². The van der Waals surface area contributed by atoms with Crippen LogP contribution in [0, 0.1) is 0 Å². The number of rotatable bonds is 36. The summed E-state index contributed by atoms with van der Waals surface area (Å²) in [6, 6.07) is -0.771. The van der Waals surface area contributed by atoms with E-state index in [4.69, 9.17) is 0 Å². The molecule has 3 atom stereocenters. The second-order valence-corrected chi connectivity index (χ2v) is 13.9. The Kier molecular flexibility index (Phi) is 36.8. The first kappa shape index (κ1) is 46.3. The summed E-state index contributed by atoms with van der Waals surface area (Å²) in [5, 5.41) is 33.0. The zero-order valence-electron chi connectivity index (χ0n) is 31.6. The van der Waals surface area contributed by atoms with Crippen LogP contribution >= 0.6 is 0 Å². The second-order valence-electron chi connectivity index (χ2n) is 13.9. The van der Waals surface area contributed by atoms with Gasteiger partial charge in [0.25, 0.3) is 0 Å². The average Bonchev–Trinajstić information content (AvgIpc) is 3.08. The topological polar surface area (TPSA) is 89.8 Å². The molecule has 0 aromatic heterocycles. The van der Waals surface area contributed by atoms with Gasteiger partial charge in [-0.3, -0.25) is 4.79 Å². The maximum Gasteiger partial charge on any atom is 0.222 e. The third-order valence-corrected chi connectivity index (χ3v) is 9.07. The Labute approximate surface area is 297 Å². The summed E-state index contributed by atoms with van der Waals surface area (Å²) in [6.07, 6.45) is 48.3. The van der Waals surface area contributed by atoms with Crippen molar-refractivity contribution in [2.24, 2.45) is 0 Å². The van der Waals surface area contributed by atoms with Crippen LogP contribution in [0.2, 0.25) is 0 Å². The van der Waals surface area contributed by atoms with Crippen molar-refractivity contribution < 1.29 is 20.1 Å². The van der Waals surface area contributed by atoms with Crippen LogP contribution in [-0.2, 0) is 4.79 Å². The lowest BCUT2D eigenvalue weighted by molar-refractivity contribution is -0.124. The lowest BCUT2D eigenvalue weighted by Crippen LogP contribution is -2.45. The molecule has 0 fully saturated rings. The number of hydrogen-bond donors (Lipinski definition) is 4. The molecule has 0 heterocycles. The second kappa shape index (κ2) is 38.1. The Bertz CT molecular complexity index is 790. The van der Waals surface area contributed by atoms with Crippen LogP contribution in [0.3, 0.4) is 0 Å². The Morgan fingerprint density at radius 2 is 0.896 bits per heavy atom.